The number of amides is 4. The summed E-state index contributed by atoms with van der Waals surface area (Å²) in [6, 6.07) is -1.44. The highest BCUT2D eigenvalue weighted by molar-refractivity contribution is 6.07. The Kier molecular flexibility index (Phi) is 2.95. The number of hydrogen-bond donors (Lipinski definition) is 3. The van der Waals surface area contributed by atoms with Crippen LogP contribution in [0.1, 0.15) is 6.42 Å². The van der Waals surface area contributed by atoms with Gasteiger partial charge in [0, 0.05) is 12.4 Å². The Labute approximate surface area is 95.8 Å². The molecule has 1 aliphatic heterocycles. The minimum Gasteiger partial charge on any atom is -0.325 e. The number of hydrogen-bond acceptors (Lipinski definition) is 5. The van der Waals surface area contributed by atoms with E-state index in [9.17, 15) is 14.4 Å². The Hall–Kier alpha value is -2.51. The van der Waals surface area contributed by atoms with Crippen molar-refractivity contribution in [3.05, 3.63) is 18.6 Å². The number of nitrogens with zero attached hydrogens (tertiary/aromatic N) is 2. The molecule has 1 aliphatic rings. The third-order valence-electron chi connectivity index (χ3n) is 2.08. The number of aromatic nitrogens is 2. The number of carbonyl (C=O) groups is 3. The maximum atomic E-state index is 11.4. The van der Waals surface area contributed by atoms with E-state index in [4.69, 9.17) is 0 Å². The van der Waals surface area contributed by atoms with Gasteiger partial charge < -0.3 is 5.32 Å². The normalized spacial score (nSPS) is 18.7. The maximum Gasteiger partial charge on any atom is 0.321 e. The average molecular weight is 235 g/mol. The van der Waals surface area contributed by atoms with Crippen LogP contribution in [0.25, 0.3) is 0 Å². The predicted molar refractivity (Wildman–Crippen MR) is 55.7 cm³/mol. The first-order chi connectivity index (χ1) is 8.15. The summed E-state index contributed by atoms with van der Waals surface area (Å²) >= 11 is 0. The summed E-state index contributed by atoms with van der Waals surface area (Å²) in [5.41, 5.74) is 0. The van der Waals surface area contributed by atoms with Crippen molar-refractivity contribution in [1.82, 2.24) is 20.6 Å². The van der Waals surface area contributed by atoms with E-state index < -0.39 is 23.9 Å². The van der Waals surface area contributed by atoms with Crippen LogP contribution >= 0.6 is 0 Å². The van der Waals surface area contributed by atoms with Crippen LogP contribution in [-0.4, -0.2) is 33.9 Å². The molecule has 1 aromatic heterocycles. The van der Waals surface area contributed by atoms with Crippen LogP contribution in [0.3, 0.4) is 0 Å². The molecule has 1 aromatic rings. The zero-order chi connectivity index (χ0) is 12.3. The first-order valence-corrected chi connectivity index (χ1v) is 4.82. The highest BCUT2D eigenvalue weighted by atomic mass is 16.2. The molecule has 88 valence electrons. The van der Waals surface area contributed by atoms with E-state index in [1.807, 2.05) is 0 Å². The van der Waals surface area contributed by atoms with Crippen LogP contribution in [0.2, 0.25) is 0 Å². The number of urea groups is 1. The van der Waals surface area contributed by atoms with Crippen molar-refractivity contribution in [2.24, 2.45) is 0 Å². The summed E-state index contributed by atoms with van der Waals surface area (Å²) in [5.74, 6) is -0.654. The van der Waals surface area contributed by atoms with Gasteiger partial charge in [-0.25, -0.2) is 9.78 Å². The van der Waals surface area contributed by atoms with Crippen molar-refractivity contribution in [3.8, 4) is 0 Å². The van der Waals surface area contributed by atoms with Crippen LogP contribution in [0.4, 0.5) is 10.6 Å². The molecule has 0 radical (unpaired) electrons. The zero-order valence-corrected chi connectivity index (χ0v) is 8.64. The molecule has 2 heterocycles. The monoisotopic (exact) mass is 235 g/mol. The predicted octanol–water partition coefficient (Wildman–Crippen LogP) is -0.987. The SMILES string of the molecule is O=C1CC(NC(=O)Nc2cnccn2)C(=O)N1. The molecule has 3 N–H and O–H groups in total. The van der Waals surface area contributed by atoms with Gasteiger partial charge in [0.2, 0.25) is 11.8 Å². The van der Waals surface area contributed by atoms with E-state index in [0.717, 1.165) is 0 Å². The molecule has 8 heteroatoms. The number of carbonyl (C=O) groups excluding carboxylic acids is 3. The van der Waals surface area contributed by atoms with Crippen molar-refractivity contribution in [3.63, 3.8) is 0 Å². The van der Waals surface area contributed by atoms with Gasteiger partial charge in [0.1, 0.15) is 6.04 Å². The molecule has 2 rings (SSSR count). The van der Waals surface area contributed by atoms with Gasteiger partial charge in [-0.15, -0.1) is 0 Å². The Morgan fingerprint density at radius 2 is 2.24 bits per heavy atom. The second-order valence-corrected chi connectivity index (χ2v) is 3.36. The van der Waals surface area contributed by atoms with E-state index in [1.54, 1.807) is 0 Å². The van der Waals surface area contributed by atoms with Crippen molar-refractivity contribution >= 4 is 23.7 Å². The van der Waals surface area contributed by atoms with E-state index in [0.29, 0.717) is 0 Å². The fourth-order valence-electron chi connectivity index (χ4n) is 1.34. The van der Waals surface area contributed by atoms with Gasteiger partial charge in [-0.3, -0.25) is 25.2 Å². The molecule has 0 aliphatic carbocycles. The largest absolute Gasteiger partial charge is 0.325 e. The van der Waals surface area contributed by atoms with Gasteiger partial charge in [0.15, 0.2) is 5.82 Å². The van der Waals surface area contributed by atoms with Crippen LogP contribution in [0.15, 0.2) is 18.6 Å². The Morgan fingerprint density at radius 3 is 2.82 bits per heavy atom. The quantitative estimate of drug-likeness (QED) is 0.570. The average Bonchev–Trinajstić information content (AvgIpc) is 2.58. The first-order valence-electron chi connectivity index (χ1n) is 4.82. The Balaban J connectivity index is 1.90. The lowest BCUT2D eigenvalue weighted by Gasteiger charge is -2.09. The number of nitrogens with one attached hydrogen (secondary N) is 3. The minimum atomic E-state index is -0.834. The van der Waals surface area contributed by atoms with Crippen molar-refractivity contribution in [2.45, 2.75) is 12.5 Å². The number of rotatable bonds is 2. The molecular weight excluding hydrogens is 226 g/mol. The van der Waals surface area contributed by atoms with Crippen LogP contribution in [0, 0.1) is 0 Å². The molecule has 17 heavy (non-hydrogen) atoms. The molecule has 1 unspecified atom stereocenters. The summed E-state index contributed by atoms with van der Waals surface area (Å²) in [4.78, 5) is 41.1. The van der Waals surface area contributed by atoms with Crippen LogP contribution in [0.5, 0.6) is 0 Å². The Bertz CT molecular complexity index is 461. The lowest BCUT2D eigenvalue weighted by molar-refractivity contribution is -0.125. The fourth-order valence-corrected chi connectivity index (χ4v) is 1.34. The highest BCUT2D eigenvalue weighted by Crippen LogP contribution is 2.02. The summed E-state index contributed by atoms with van der Waals surface area (Å²) in [6.45, 7) is 0. The lowest BCUT2D eigenvalue weighted by atomic mass is 10.2. The minimum absolute atomic E-state index is 0.0489. The van der Waals surface area contributed by atoms with E-state index in [1.165, 1.54) is 18.6 Å². The number of imide groups is 1. The molecule has 1 fully saturated rings. The van der Waals surface area contributed by atoms with E-state index >= 15 is 0 Å². The van der Waals surface area contributed by atoms with Crippen LogP contribution < -0.4 is 16.0 Å². The molecule has 8 nitrogen and oxygen atoms in total. The van der Waals surface area contributed by atoms with Crippen molar-refractivity contribution in [2.75, 3.05) is 5.32 Å². The second kappa shape index (κ2) is 4.56. The smallest absolute Gasteiger partial charge is 0.321 e. The first kappa shape index (κ1) is 11.0. The fraction of sp³-hybridized carbons (Fsp3) is 0.222. The summed E-state index contributed by atoms with van der Waals surface area (Å²) in [6.07, 6.45) is 4.19. The van der Waals surface area contributed by atoms with Gasteiger partial charge in [-0.2, -0.15) is 0 Å². The molecule has 1 atom stereocenters. The summed E-state index contributed by atoms with van der Waals surface area (Å²) in [5, 5.41) is 6.83. The van der Waals surface area contributed by atoms with Gasteiger partial charge in [-0.1, -0.05) is 0 Å². The highest BCUT2D eigenvalue weighted by Gasteiger charge is 2.31. The summed E-state index contributed by atoms with van der Waals surface area (Å²) < 4.78 is 0. The van der Waals surface area contributed by atoms with Crippen molar-refractivity contribution in [1.29, 1.82) is 0 Å². The Morgan fingerprint density at radius 1 is 1.41 bits per heavy atom. The standard InChI is InChI=1S/C9H9N5O3/c15-7-3-5(8(16)14-7)12-9(17)13-6-4-10-1-2-11-6/h1-2,4-5H,3H2,(H,14,15,16)(H2,11,12,13,17). The maximum absolute atomic E-state index is 11.4. The van der Waals surface area contributed by atoms with Crippen molar-refractivity contribution < 1.29 is 14.4 Å². The van der Waals surface area contributed by atoms with Gasteiger partial charge in [-0.05, 0) is 0 Å². The van der Waals surface area contributed by atoms with Gasteiger partial charge >= 0.3 is 6.03 Å². The number of anilines is 1. The van der Waals surface area contributed by atoms with Crippen LogP contribution in [-0.2, 0) is 9.59 Å². The van der Waals surface area contributed by atoms with Gasteiger partial charge in [0.25, 0.3) is 0 Å². The molecule has 0 bridgehead atoms. The molecule has 0 saturated carbocycles. The topological polar surface area (TPSA) is 113 Å². The lowest BCUT2D eigenvalue weighted by Crippen LogP contribution is -2.42. The molecule has 4 amide bonds. The van der Waals surface area contributed by atoms with Gasteiger partial charge in [0.05, 0.1) is 12.6 Å². The molecule has 1 saturated heterocycles. The second-order valence-electron chi connectivity index (χ2n) is 3.36. The molecular formula is C9H9N5O3. The zero-order valence-electron chi connectivity index (χ0n) is 8.64. The van der Waals surface area contributed by atoms with E-state index in [-0.39, 0.29) is 12.2 Å². The third-order valence-corrected chi connectivity index (χ3v) is 2.08. The molecule has 0 spiro atoms. The van der Waals surface area contributed by atoms with E-state index in [2.05, 4.69) is 25.9 Å². The molecule has 0 aromatic carbocycles. The summed E-state index contributed by atoms with van der Waals surface area (Å²) in [7, 11) is 0. The third kappa shape index (κ3) is 2.74.